The van der Waals surface area contributed by atoms with Crippen LogP contribution in [0, 0.1) is 13.8 Å². The number of hydrogen-bond donors (Lipinski definition) is 8. The van der Waals surface area contributed by atoms with Gasteiger partial charge >= 0.3 is 12.4 Å². The van der Waals surface area contributed by atoms with Gasteiger partial charge in [0.1, 0.15) is 11.3 Å². The zero-order chi connectivity index (χ0) is 58.0. The zero-order valence-corrected chi connectivity index (χ0v) is 46.3. The standard InChI is InChI=1S/C28H29ClF3N5O.C28H30F3N5O.2CH5N/c1-4-37(5-2)16-19-8-7-18(12-23(19)28(30,31)32)27(38)36-21-9-6-17(3)24(13-21)34-14-20-15-35-26-22(25(20)29)10-11-33-26;1-4-36(5-2)17-22-8-7-21(13-24(22)28(29,30)31)27(37)35-23-9-6-18(3)25(14-23)33-15-19-12-20-10-11-32-26(20)34-16-19;2*1-2/h6-13,15,34H,4-5,14,16H2,1-3H3,(H,33,35)(H,36,38);6-14,16,33H,4-5,15,17H2,1-3H3,(H,32,34)(H,35,37);2*2H2,1H3. The van der Waals surface area contributed by atoms with Crippen molar-refractivity contribution in [2.75, 3.05) is 61.5 Å². The highest BCUT2D eigenvalue weighted by Crippen LogP contribution is 2.36. The van der Waals surface area contributed by atoms with Gasteiger partial charge in [-0.3, -0.25) is 19.4 Å². The van der Waals surface area contributed by atoms with Gasteiger partial charge in [0.25, 0.3) is 11.8 Å². The van der Waals surface area contributed by atoms with Crippen molar-refractivity contribution < 1.29 is 35.9 Å². The van der Waals surface area contributed by atoms with Crippen molar-refractivity contribution in [3.8, 4) is 0 Å². The summed E-state index contributed by atoms with van der Waals surface area (Å²) in [4.78, 5) is 44.4. The average molecular weight is 1120 g/mol. The smallest absolute Gasteiger partial charge is 0.381 e. The van der Waals surface area contributed by atoms with Crippen LogP contribution in [0.2, 0.25) is 5.02 Å². The van der Waals surface area contributed by atoms with Gasteiger partial charge in [-0.15, -0.1) is 0 Å². The summed E-state index contributed by atoms with van der Waals surface area (Å²) in [5.74, 6) is -1.22. The SMILES string of the molecule is CCN(CC)Cc1ccc(C(=O)Nc2ccc(C)c(NCc3cnc4[nH]ccc4c3)c2)cc1C(F)(F)F.CCN(CC)Cc1ccc(C(=O)Nc2ccc(C)c(NCc3cnc4[nH]ccc4c3Cl)c2)cc1C(F)(F)F.CN.CN. The van der Waals surface area contributed by atoms with E-state index in [9.17, 15) is 35.9 Å². The topological polar surface area (TPSA) is 198 Å². The summed E-state index contributed by atoms with van der Waals surface area (Å²) in [6.07, 6.45) is -2.04. The number of anilines is 4. The number of nitrogens with zero attached hydrogens (tertiary/aromatic N) is 4. The fourth-order valence-corrected chi connectivity index (χ4v) is 8.68. The Morgan fingerprint density at radius 3 is 1.51 bits per heavy atom. The summed E-state index contributed by atoms with van der Waals surface area (Å²) in [6, 6.07) is 24.0. The van der Waals surface area contributed by atoms with E-state index in [0.717, 1.165) is 62.2 Å². The minimum absolute atomic E-state index is 0.0448. The molecule has 0 fully saturated rings. The molecule has 0 radical (unpaired) electrons. The molecule has 10 N–H and O–H groups in total. The van der Waals surface area contributed by atoms with Gasteiger partial charge in [-0.05, 0) is 149 Å². The molecule has 0 unspecified atom stereocenters. The average Bonchev–Trinajstić information content (AvgIpc) is 4.19. The minimum atomic E-state index is -4.57. The Morgan fingerprint density at radius 2 is 1.03 bits per heavy atom. The summed E-state index contributed by atoms with van der Waals surface area (Å²) in [5, 5.41) is 14.5. The molecule has 0 aliphatic carbocycles. The van der Waals surface area contributed by atoms with Crippen molar-refractivity contribution in [2.24, 2.45) is 11.5 Å². The lowest BCUT2D eigenvalue weighted by Gasteiger charge is -2.21. The number of nitrogens with one attached hydrogen (secondary N) is 6. The Kier molecular flexibility index (Phi) is 22.8. The Morgan fingerprint density at radius 1 is 0.570 bits per heavy atom. The number of nitrogens with two attached hydrogens (primary N) is 2. The summed E-state index contributed by atoms with van der Waals surface area (Å²) in [7, 11) is 3.00. The number of aromatic nitrogens is 4. The molecule has 0 atom stereocenters. The summed E-state index contributed by atoms with van der Waals surface area (Å²) in [5.41, 5.74) is 15.3. The molecule has 79 heavy (non-hydrogen) atoms. The van der Waals surface area contributed by atoms with Crippen molar-refractivity contribution in [3.63, 3.8) is 0 Å². The van der Waals surface area contributed by atoms with Crippen LogP contribution in [0.15, 0.2) is 116 Å². The molecule has 8 rings (SSSR count). The van der Waals surface area contributed by atoms with Gasteiger partial charge in [0.2, 0.25) is 0 Å². The lowest BCUT2D eigenvalue weighted by molar-refractivity contribution is -0.139. The third-order valence-corrected chi connectivity index (χ3v) is 13.4. The van der Waals surface area contributed by atoms with Crippen LogP contribution in [0.4, 0.5) is 49.1 Å². The Labute approximate surface area is 461 Å². The van der Waals surface area contributed by atoms with E-state index in [4.69, 9.17) is 11.6 Å². The number of hydrogen-bond acceptors (Lipinski definition) is 10. The summed E-state index contributed by atoms with van der Waals surface area (Å²) >= 11 is 6.52. The molecule has 21 heteroatoms. The zero-order valence-electron chi connectivity index (χ0n) is 45.5. The number of rotatable bonds is 18. The van der Waals surface area contributed by atoms with Crippen molar-refractivity contribution in [2.45, 2.75) is 80.1 Å². The predicted octanol–water partition coefficient (Wildman–Crippen LogP) is 13.0. The first kappa shape index (κ1) is 62.4. The fraction of sp³-hybridized carbons (Fsp3) is 0.310. The highest BCUT2D eigenvalue weighted by Gasteiger charge is 2.35. The van der Waals surface area contributed by atoms with E-state index in [1.807, 2.05) is 87.9 Å². The van der Waals surface area contributed by atoms with Gasteiger partial charge in [-0.2, -0.15) is 26.3 Å². The molecule has 14 nitrogen and oxygen atoms in total. The molecule has 422 valence electrons. The van der Waals surface area contributed by atoms with Gasteiger partial charge in [-0.1, -0.05) is 63.6 Å². The number of carbonyl (C=O) groups is 2. The molecule has 0 saturated heterocycles. The second-order valence-corrected chi connectivity index (χ2v) is 18.3. The van der Waals surface area contributed by atoms with Crippen molar-refractivity contribution in [1.29, 1.82) is 0 Å². The second kappa shape index (κ2) is 28.9. The minimum Gasteiger partial charge on any atom is -0.381 e. The number of aromatic amines is 2. The molecule has 0 bridgehead atoms. The summed E-state index contributed by atoms with van der Waals surface area (Å²) < 4.78 is 82.9. The van der Waals surface area contributed by atoms with E-state index in [-0.39, 0.29) is 35.3 Å². The maximum atomic E-state index is 13.8. The maximum Gasteiger partial charge on any atom is 0.416 e. The van der Waals surface area contributed by atoms with Gasteiger partial charge < -0.3 is 42.7 Å². The van der Waals surface area contributed by atoms with Crippen LogP contribution < -0.4 is 32.7 Å². The number of alkyl halides is 6. The Hall–Kier alpha value is -7.49. The van der Waals surface area contributed by atoms with E-state index in [1.165, 1.54) is 38.4 Å². The summed E-state index contributed by atoms with van der Waals surface area (Å²) in [6.45, 7) is 15.2. The van der Waals surface area contributed by atoms with Gasteiger partial charge in [0, 0.05) is 101 Å². The van der Waals surface area contributed by atoms with Gasteiger partial charge in [0.05, 0.1) is 16.1 Å². The highest BCUT2D eigenvalue weighted by atomic mass is 35.5. The lowest BCUT2D eigenvalue weighted by Crippen LogP contribution is -2.24. The molecular weight excluding hydrogens is 1050 g/mol. The predicted molar refractivity (Wildman–Crippen MR) is 306 cm³/mol. The fourth-order valence-electron chi connectivity index (χ4n) is 8.41. The Bertz CT molecular complexity index is 3280. The quantitative estimate of drug-likeness (QED) is 0.0383. The van der Waals surface area contributed by atoms with Crippen molar-refractivity contribution in [1.82, 2.24) is 29.7 Å². The number of amides is 2. The molecule has 0 aliphatic rings. The van der Waals surface area contributed by atoms with Crippen LogP contribution in [0.3, 0.4) is 0 Å². The molecular formula is C58H69ClF6N12O2. The first-order valence-electron chi connectivity index (χ1n) is 25.6. The number of aryl methyl sites for hydroxylation is 2. The molecule has 4 heterocycles. The van der Waals surface area contributed by atoms with Crippen LogP contribution in [0.5, 0.6) is 0 Å². The Balaban J connectivity index is 0.000000274. The van der Waals surface area contributed by atoms with Gasteiger partial charge in [-0.25, -0.2) is 9.97 Å². The third kappa shape index (κ3) is 16.8. The van der Waals surface area contributed by atoms with Crippen LogP contribution in [-0.4, -0.2) is 81.8 Å². The molecule has 2 amide bonds. The van der Waals surface area contributed by atoms with Crippen molar-refractivity contribution in [3.05, 3.63) is 176 Å². The van der Waals surface area contributed by atoms with Crippen LogP contribution in [0.1, 0.15) is 92.9 Å². The monoisotopic (exact) mass is 1110 g/mol. The van der Waals surface area contributed by atoms with Gasteiger partial charge in [0.15, 0.2) is 0 Å². The third-order valence-electron chi connectivity index (χ3n) is 12.9. The first-order valence-corrected chi connectivity index (χ1v) is 26.0. The van der Waals surface area contributed by atoms with E-state index >= 15 is 0 Å². The van der Waals surface area contributed by atoms with Crippen LogP contribution >= 0.6 is 11.6 Å². The number of benzene rings is 4. The van der Waals surface area contributed by atoms with E-state index in [2.05, 4.69) is 52.7 Å². The number of carbonyl (C=O) groups excluding carboxylic acids is 2. The van der Waals surface area contributed by atoms with Crippen LogP contribution in [-0.2, 0) is 38.5 Å². The van der Waals surface area contributed by atoms with E-state index in [0.29, 0.717) is 61.3 Å². The number of halogens is 7. The second-order valence-electron chi connectivity index (χ2n) is 17.9. The van der Waals surface area contributed by atoms with E-state index < -0.39 is 35.3 Å². The maximum absolute atomic E-state index is 13.8. The normalized spacial score (nSPS) is 11.3. The molecule has 0 aliphatic heterocycles. The number of H-pyrrole nitrogens is 2. The molecule has 8 aromatic rings. The number of pyridine rings is 2. The molecule has 0 spiro atoms. The van der Waals surface area contributed by atoms with Crippen LogP contribution in [0.25, 0.3) is 22.1 Å². The molecule has 4 aromatic carbocycles. The molecule has 0 saturated carbocycles. The highest BCUT2D eigenvalue weighted by molar-refractivity contribution is 6.36. The molecule has 4 aromatic heterocycles. The van der Waals surface area contributed by atoms with Crippen molar-refractivity contribution >= 4 is 68.2 Å². The van der Waals surface area contributed by atoms with E-state index in [1.54, 1.807) is 42.9 Å². The largest absolute Gasteiger partial charge is 0.416 e. The first-order chi connectivity index (χ1) is 37.8. The lowest BCUT2D eigenvalue weighted by atomic mass is 10.0. The number of fused-ring (bicyclic) bond motifs is 2.